The van der Waals surface area contributed by atoms with E-state index in [2.05, 4.69) is 15.8 Å². The lowest BCUT2D eigenvalue weighted by molar-refractivity contribution is -0.130. The van der Waals surface area contributed by atoms with E-state index in [1.54, 1.807) is 62.4 Å². The van der Waals surface area contributed by atoms with E-state index in [0.29, 0.717) is 33.4 Å². The van der Waals surface area contributed by atoms with Crippen LogP contribution in [0.4, 0.5) is 0 Å². The van der Waals surface area contributed by atoms with Crippen molar-refractivity contribution in [2.45, 2.75) is 33.0 Å². The summed E-state index contributed by atoms with van der Waals surface area (Å²) in [7, 11) is 0. The van der Waals surface area contributed by atoms with Gasteiger partial charge in [-0.25, -0.2) is 10.2 Å². The van der Waals surface area contributed by atoms with Gasteiger partial charge in [0, 0.05) is 10.6 Å². The van der Waals surface area contributed by atoms with Gasteiger partial charge in [-0.2, -0.15) is 5.10 Å². The molecule has 0 spiro atoms. The Morgan fingerprint density at radius 1 is 1.05 bits per heavy atom. The van der Waals surface area contributed by atoms with Crippen LogP contribution in [0.15, 0.2) is 64.1 Å². The lowest BCUT2D eigenvalue weighted by Gasteiger charge is -2.15. The topological polar surface area (TPSA) is 119 Å². The third-order valence-corrected chi connectivity index (χ3v) is 5.25. The van der Waals surface area contributed by atoms with E-state index < -0.39 is 23.9 Å². The van der Waals surface area contributed by atoms with Gasteiger partial charge in [-0.3, -0.25) is 9.59 Å². The van der Waals surface area contributed by atoms with Crippen LogP contribution in [0.3, 0.4) is 0 Å². The molecule has 11 heteroatoms. The third-order valence-electron chi connectivity index (χ3n) is 4.72. The molecule has 0 unspecified atom stereocenters. The SMILES string of the molecule is CC(C)OC(=O)c1cccc(-c2ccc(/C=N\NC(=O)CNC(=O)[C@@H](C)Oc3ccc(Cl)cc3Cl)o2)c1. The predicted molar refractivity (Wildman–Crippen MR) is 140 cm³/mol. The van der Waals surface area contributed by atoms with E-state index in [1.807, 2.05) is 0 Å². The fourth-order valence-corrected chi connectivity index (χ4v) is 3.45. The van der Waals surface area contributed by atoms with Gasteiger partial charge in [0.25, 0.3) is 11.8 Å². The molecule has 1 aromatic heterocycles. The van der Waals surface area contributed by atoms with Crippen molar-refractivity contribution < 1.29 is 28.3 Å². The summed E-state index contributed by atoms with van der Waals surface area (Å²) < 4.78 is 16.4. The number of ether oxygens (including phenoxy) is 2. The molecule has 194 valence electrons. The van der Waals surface area contributed by atoms with Crippen molar-refractivity contribution in [1.29, 1.82) is 0 Å². The molecule has 0 aliphatic heterocycles. The molecule has 0 bridgehead atoms. The van der Waals surface area contributed by atoms with Gasteiger partial charge >= 0.3 is 5.97 Å². The molecule has 1 atom stereocenters. The Labute approximate surface area is 223 Å². The molecular weight excluding hydrogens is 521 g/mol. The monoisotopic (exact) mass is 545 g/mol. The number of furan rings is 1. The minimum absolute atomic E-state index is 0.226. The second kappa shape index (κ2) is 12.9. The maximum Gasteiger partial charge on any atom is 0.338 e. The Hall–Kier alpha value is -3.82. The Morgan fingerprint density at radius 2 is 1.84 bits per heavy atom. The molecule has 3 rings (SSSR count). The van der Waals surface area contributed by atoms with Crippen LogP contribution in [-0.4, -0.2) is 42.8 Å². The van der Waals surface area contributed by atoms with Crippen LogP contribution in [0.1, 0.15) is 36.9 Å². The predicted octanol–water partition coefficient (Wildman–Crippen LogP) is 4.85. The second-order valence-corrected chi connectivity index (χ2v) is 8.93. The van der Waals surface area contributed by atoms with Crippen molar-refractivity contribution in [2.24, 2.45) is 5.10 Å². The molecule has 0 aliphatic carbocycles. The molecule has 0 fully saturated rings. The fourth-order valence-electron chi connectivity index (χ4n) is 2.99. The summed E-state index contributed by atoms with van der Waals surface area (Å²) in [6.07, 6.45) is 0.188. The van der Waals surface area contributed by atoms with Crippen LogP contribution in [0.2, 0.25) is 10.0 Å². The normalized spacial score (nSPS) is 11.8. The Balaban J connectivity index is 1.48. The number of benzene rings is 2. The minimum atomic E-state index is -0.901. The lowest BCUT2D eigenvalue weighted by Crippen LogP contribution is -2.41. The summed E-state index contributed by atoms with van der Waals surface area (Å²) in [6.45, 7) is 4.76. The number of hydrogen-bond donors (Lipinski definition) is 2. The zero-order valence-electron chi connectivity index (χ0n) is 20.3. The zero-order valence-corrected chi connectivity index (χ0v) is 21.8. The van der Waals surface area contributed by atoms with Gasteiger partial charge in [0.2, 0.25) is 0 Å². The highest BCUT2D eigenvalue weighted by molar-refractivity contribution is 6.35. The molecule has 3 aromatic rings. The van der Waals surface area contributed by atoms with Crippen molar-refractivity contribution in [3.63, 3.8) is 0 Å². The first-order chi connectivity index (χ1) is 17.6. The number of nitrogens with zero attached hydrogens (tertiary/aromatic N) is 1. The van der Waals surface area contributed by atoms with Gasteiger partial charge < -0.3 is 19.2 Å². The summed E-state index contributed by atoms with van der Waals surface area (Å²) in [6, 6.07) is 14.9. The van der Waals surface area contributed by atoms with Crippen LogP contribution in [0, 0.1) is 0 Å². The number of halogens is 2. The number of carbonyl (C=O) groups excluding carboxylic acids is 3. The molecule has 2 amide bonds. The molecule has 0 saturated heterocycles. The van der Waals surface area contributed by atoms with E-state index in [4.69, 9.17) is 37.1 Å². The van der Waals surface area contributed by atoms with Crippen LogP contribution in [0.5, 0.6) is 5.75 Å². The highest BCUT2D eigenvalue weighted by atomic mass is 35.5. The number of amides is 2. The Bertz CT molecular complexity index is 1300. The van der Waals surface area contributed by atoms with Crippen molar-refractivity contribution in [2.75, 3.05) is 6.54 Å². The van der Waals surface area contributed by atoms with E-state index in [9.17, 15) is 14.4 Å². The van der Waals surface area contributed by atoms with Crippen molar-refractivity contribution in [3.05, 3.63) is 76.0 Å². The van der Waals surface area contributed by atoms with Crippen LogP contribution < -0.4 is 15.5 Å². The van der Waals surface area contributed by atoms with Crippen LogP contribution in [0.25, 0.3) is 11.3 Å². The first-order valence-electron chi connectivity index (χ1n) is 11.2. The van der Waals surface area contributed by atoms with E-state index in [1.165, 1.54) is 19.2 Å². The smallest absolute Gasteiger partial charge is 0.338 e. The van der Waals surface area contributed by atoms with Crippen molar-refractivity contribution in [1.82, 2.24) is 10.7 Å². The standard InChI is InChI=1S/C26H25Cl2N3O6/c1-15(2)35-26(34)18-6-4-5-17(11-18)22-10-8-20(37-22)13-30-31-24(32)14-29-25(33)16(3)36-23-9-7-19(27)12-21(23)28/h4-13,15-16H,14H2,1-3H3,(H,29,33)(H,31,32)/b30-13-/t16-/m1/s1. The summed E-state index contributed by atoms with van der Waals surface area (Å²) in [4.78, 5) is 36.4. The van der Waals surface area contributed by atoms with E-state index in [-0.39, 0.29) is 17.7 Å². The molecule has 0 radical (unpaired) electrons. The first kappa shape index (κ1) is 27.8. The average Bonchev–Trinajstić information content (AvgIpc) is 3.33. The quantitative estimate of drug-likeness (QED) is 0.213. The summed E-state index contributed by atoms with van der Waals surface area (Å²) in [5.41, 5.74) is 3.39. The number of nitrogens with one attached hydrogen (secondary N) is 2. The number of hydrogen-bond acceptors (Lipinski definition) is 7. The highest BCUT2D eigenvalue weighted by Gasteiger charge is 2.17. The van der Waals surface area contributed by atoms with Gasteiger partial charge in [-0.1, -0.05) is 35.3 Å². The number of rotatable bonds is 10. The fraction of sp³-hybridized carbons (Fsp3) is 0.231. The van der Waals surface area contributed by atoms with Gasteiger partial charge in [-0.15, -0.1) is 0 Å². The maximum atomic E-state index is 12.2. The van der Waals surface area contributed by atoms with Gasteiger partial charge in [0.1, 0.15) is 17.3 Å². The number of hydrazone groups is 1. The molecule has 2 N–H and O–H groups in total. The number of esters is 1. The van der Waals surface area contributed by atoms with Gasteiger partial charge in [0.15, 0.2) is 6.10 Å². The molecular formula is C26H25Cl2N3O6. The van der Waals surface area contributed by atoms with E-state index in [0.717, 1.165) is 0 Å². The van der Waals surface area contributed by atoms with Crippen LogP contribution in [-0.2, 0) is 14.3 Å². The van der Waals surface area contributed by atoms with Crippen LogP contribution >= 0.6 is 23.2 Å². The van der Waals surface area contributed by atoms with Crippen molar-refractivity contribution in [3.8, 4) is 17.1 Å². The van der Waals surface area contributed by atoms with Crippen molar-refractivity contribution >= 4 is 47.2 Å². The molecule has 9 nitrogen and oxygen atoms in total. The molecule has 2 aromatic carbocycles. The highest BCUT2D eigenvalue weighted by Crippen LogP contribution is 2.28. The molecule has 37 heavy (non-hydrogen) atoms. The van der Waals surface area contributed by atoms with Gasteiger partial charge in [0.05, 0.1) is 29.4 Å². The summed E-state index contributed by atoms with van der Waals surface area (Å²) in [5, 5.41) is 6.99. The first-order valence-corrected chi connectivity index (χ1v) is 12.0. The molecule has 1 heterocycles. The second-order valence-electron chi connectivity index (χ2n) is 8.08. The Morgan fingerprint density at radius 3 is 2.57 bits per heavy atom. The van der Waals surface area contributed by atoms with E-state index >= 15 is 0 Å². The third kappa shape index (κ3) is 8.37. The molecule has 0 saturated carbocycles. The number of carbonyl (C=O) groups is 3. The summed E-state index contributed by atoms with van der Waals surface area (Å²) in [5.74, 6) is -0.312. The zero-order chi connectivity index (χ0) is 26.9. The largest absolute Gasteiger partial charge is 0.479 e. The molecule has 0 aliphatic rings. The maximum absolute atomic E-state index is 12.2. The average molecular weight is 546 g/mol. The summed E-state index contributed by atoms with van der Waals surface area (Å²) >= 11 is 11.9. The lowest BCUT2D eigenvalue weighted by atomic mass is 10.1. The van der Waals surface area contributed by atoms with Gasteiger partial charge in [-0.05, 0) is 63.2 Å². The Kier molecular flexibility index (Phi) is 9.71. The minimum Gasteiger partial charge on any atom is -0.479 e.